The van der Waals surface area contributed by atoms with Gasteiger partial charge in [0.15, 0.2) is 0 Å². The highest BCUT2D eigenvalue weighted by molar-refractivity contribution is 5.76. The molecule has 0 aliphatic carbocycles. The van der Waals surface area contributed by atoms with Gasteiger partial charge in [0.25, 0.3) is 0 Å². The normalized spacial score (nSPS) is 13.0. The lowest BCUT2D eigenvalue weighted by molar-refractivity contribution is -0.143. The van der Waals surface area contributed by atoms with Gasteiger partial charge in [0, 0.05) is 12.8 Å². The van der Waals surface area contributed by atoms with E-state index in [0.717, 1.165) is 57.8 Å². The van der Waals surface area contributed by atoms with Crippen LogP contribution in [-0.4, -0.2) is 47.4 Å². The van der Waals surface area contributed by atoms with Crippen molar-refractivity contribution >= 4 is 11.9 Å². The Morgan fingerprint density at radius 1 is 0.418 bits per heavy atom. The largest absolute Gasteiger partial charge is 0.466 e. The maximum absolute atomic E-state index is 12.4. The van der Waals surface area contributed by atoms with Crippen LogP contribution in [0.5, 0.6) is 0 Å². The highest BCUT2D eigenvalue weighted by atomic mass is 16.5. The number of hydrogen-bond acceptors (Lipinski definition) is 5. The van der Waals surface area contributed by atoms with Crippen molar-refractivity contribution in [1.82, 2.24) is 5.32 Å². The molecule has 0 rings (SSSR count). The molecule has 2 atom stereocenters. The molecule has 0 radical (unpaired) electrons. The average molecular weight is 941 g/mol. The summed E-state index contributed by atoms with van der Waals surface area (Å²) >= 11 is 0. The van der Waals surface area contributed by atoms with Gasteiger partial charge in [-0.15, -0.1) is 0 Å². The number of hydrogen-bond donors (Lipinski definition) is 3. The molecule has 0 saturated carbocycles. The van der Waals surface area contributed by atoms with Crippen molar-refractivity contribution in [2.45, 2.75) is 315 Å². The number of carbonyl (C=O) groups is 2. The van der Waals surface area contributed by atoms with Crippen molar-refractivity contribution in [3.63, 3.8) is 0 Å². The van der Waals surface area contributed by atoms with E-state index in [9.17, 15) is 19.8 Å². The summed E-state index contributed by atoms with van der Waals surface area (Å²) in [4.78, 5) is 24.5. The lowest BCUT2D eigenvalue weighted by Crippen LogP contribution is -2.45. The Labute approximate surface area is 416 Å². The molecular weight excluding hydrogens is 827 g/mol. The van der Waals surface area contributed by atoms with E-state index in [2.05, 4.69) is 55.6 Å². The summed E-state index contributed by atoms with van der Waals surface area (Å²) in [6.45, 7) is 4.85. The molecule has 1 amide bonds. The van der Waals surface area contributed by atoms with Gasteiger partial charge in [-0.05, 0) is 83.5 Å². The number of rotatable bonds is 54. The first-order valence-corrected chi connectivity index (χ1v) is 29.4. The molecule has 2 unspecified atom stereocenters. The van der Waals surface area contributed by atoms with Crippen molar-refractivity contribution in [3.05, 3.63) is 48.6 Å². The number of amides is 1. The Bertz CT molecular complexity index is 1130. The van der Waals surface area contributed by atoms with Crippen LogP contribution in [0.3, 0.4) is 0 Å². The number of carbonyl (C=O) groups excluding carboxylic acids is 2. The van der Waals surface area contributed by atoms with Crippen molar-refractivity contribution in [2.75, 3.05) is 13.2 Å². The van der Waals surface area contributed by atoms with Gasteiger partial charge in [-0.3, -0.25) is 9.59 Å². The van der Waals surface area contributed by atoms with Crippen molar-refractivity contribution in [1.29, 1.82) is 0 Å². The average Bonchev–Trinajstić information content (AvgIpc) is 3.33. The highest BCUT2D eigenvalue weighted by Crippen LogP contribution is 2.16. The molecule has 0 fully saturated rings. The molecule has 6 nitrogen and oxygen atoms in total. The maximum atomic E-state index is 12.4. The minimum absolute atomic E-state index is 0.00426. The van der Waals surface area contributed by atoms with Crippen LogP contribution in [-0.2, 0) is 14.3 Å². The fourth-order valence-electron chi connectivity index (χ4n) is 8.76. The van der Waals surface area contributed by atoms with Crippen LogP contribution in [0.1, 0.15) is 303 Å². The Balaban J connectivity index is 3.44. The van der Waals surface area contributed by atoms with E-state index in [-0.39, 0.29) is 18.5 Å². The van der Waals surface area contributed by atoms with E-state index < -0.39 is 12.1 Å². The number of allylic oxidation sites excluding steroid dienone is 7. The number of ether oxygens (including phenoxy) is 1. The second-order valence-corrected chi connectivity index (χ2v) is 20.0. The molecule has 67 heavy (non-hydrogen) atoms. The van der Waals surface area contributed by atoms with E-state index in [0.29, 0.717) is 19.4 Å². The second kappa shape index (κ2) is 56.4. The number of esters is 1. The van der Waals surface area contributed by atoms with Gasteiger partial charge in [0.05, 0.1) is 25.4 Å². The van der Waals surface area contributed by atoms with Crippen LogP contribution >= 0.6 is 0 Å². The van der Waals surface area contributed by atoms with Crippen LogP contribution in [0.4, 0.5) is 0 Å². The molecule has 0 heterocycles. The van der Waals surface area contributed by atoms with Crippen LogP contribution in [0, 0.1) is 0 Å². The number of aliphatic hydroxyl groups is 2. The first kappa shape index (κ1) is 64.8. The molecule has 6 heteroatoms. The van der Waals surface area contributed by atoms with E-state index in [1.165, 1.54) is 218 Å². The van der Waals surface area contributed by atoms with Crippen molar-refractivity contribution in [3.8, 4) is 0 Å². The first-order valence-electron chi connectivity index (χ1n) is 29.4. The molecular formula is C61H113NO5. The molecule has 0 aliphatic heterocycles. The number of unbranched alkanes of at least 4 members (excludes halogenated alkanes) is 37. The van der Waals surface area contributed by atoms with Gasteiger partial charge in [-0.25, -0.2) is 0 Å². The van der Waals surface area contributed by atoms with Crippen LogP contribution in [0.15, 0.2) is 48.6 Å². The predicted octanol–water partition coefficient (Wildman–Crippen LogP) is 18.2. The van der Waals surface area contributed by atoms with Crippen LogP contribution in [0.2, 0.25) is 0 Å². The molecule has 0 spiro atoms. The molecule has 0 bridgehead atoms. The lowest BCUT2D eigenvalue weighted by atomic mass is 10.0. The summed E-state index contributed by atoms with van der Waals surface area (Å²) in [6, 6.07) is -0.632. The zero-order chi connectivity index (χ0) is 48.6. The van der Waals surface area contributed by atoms with E-state index in [1.54, 1.807) is 6.08 Å². The van der Waals surface area contributed by atoms with Crippen LogP contribution < -0.4 is 5.32 Å². The van der Waals surface area contributed by atoms with E-state index in [4.69, 9.17) is 4.74 Å². The third-order valence-corrected chi connectivity index (χ3v) is 13.3. The van der Waals surface area contributed by atoms with Gasteiger partial charge in [0.1, 0.15) is 0 Å². The molecule has 0 saturated heterocycles. The predicted molar refractivity (Wildman–Crippen MR) is 292 cm³/mol. The quantitative estimate of drug-likeness (QED) is 0.0321. The molecule has 3 N–H and O–H groups in total. The fourth-order valence-corrected chi connectivity index (χ4v) is 8.76. The Morgan fingerprint density at radius 3 is 1.19 bits per heavy atom. The zero-order valence-electron chi connectivity index (χ0n) is 44.6. The monoisotopic (exact) mass is 940 g/mol. The summed E-state index contributed by atoms with van der Waals surface area (Å²) in [5.41, 5.74) is 0. The first-order chi connectivity index (χ1) is 33.0. The molecule has 392 valence electrons. The van der Waals surface area contributed by atoms with Gasteiger partial charge in [-0.2, -0.15) is 0 Å². The SMILES string of the molecule is CCCC/C=C\C/C=C\CCCCCCCC(=O)OCCCCCCCCCCCCCC/C=C\CCCCCCCCCC(=O)NC(CO)C(O)/C=C/CCCCCCCCCCCCC. The number of nitrogens with one attached hydrogen (secondary N) is 1. The van der Waals surface area contributed by atoms with Crippen molar-refractivity contribution in [2.24, 2.45) is 0 Å². The fraction of sp³-hybridized carbons (Fsp3) is 0.836. The van der Waals surface area contributed by atoms with E-state index in [1.807, 2.05) is 6.08 Å². The third-order valence-electron chi connectivity index (χ3n) is 13.3. The van der Waals surface area contributed by atoms with E-state index >= 15 is 0 Å². The number of aliphatic hydroxyl groups excluding tert-OH is 2. The molecule has 0 aromatic carbocycles. The Kier molecular flexibility index (Phi) is 54.6. The highest BCUT2D eigenvalue weighted by Gasteiger charge is 2.18. The zero-order valence-corrected chi connectivity index (χ0v) is 44.6. The third kappa shape index (κ3) is 53.0. The minimum atomic E-state index is -0.848. The molecule has 0 aromatic heterocycles. The second-order valence-electron chi connectivity index (χ2n) is 20.0. The Hall–Kier alpha value is -2.18. The summed E-state index contributed by atoms with van der Waals surface area (Å²) < 4.78 is 5.47. The van der Waals surface area contributed by atoms with Gasteiger partial charge in [-0.1, -0.05) is 255 Å². The Morgan fingerprint density at radius 2 is 0.761 bits per heavy atom. The topological polar surface area (TPSA) is 95.9 Å². The van der Waals surface area contributed by atoms with Gasteiger partial charge < -0.3 is 20.3 Å². The smallest absolute Gasteiger partial charge is 0.305 e. The molecule has 0 aromatic rings. The standard InChI is InChI=1S/C61H113NO5/c1-3-5-7-9-11-13-15-17-31-35-39-43-47-51-55-61(66)67-56-52-48-44-40-36-32-28-26-24-22-20-18-19-21-23-25-27-30-34-38-42-46-50-54-60(65)62-58(57-63)59(64)53-49-45-41-37-33-29-16-14-12-10-8-6-4-2/h9,11,15,17,21,23,49,53,58-59,63-64H,3-8,10,12-14,16,18-20,22,24-48,50-52,54-57H2,1-2H3,(H,62,65)/b11-9-,17-15-,23-21-,53-49+. The lowest BCUT2D eigenvalue weighted by Gasteiger charge is -2.20. The summed E-state index contributed by atoms with van der Waals surface area (Å²) in [7, 11) is 0. The maximum Gasteiger partial charge on any atom is 0.305 e. The molecule has 0 aliphatic rings. The summed E-state index contributed by atoms with van der Waals surface area (Å²) in [6.07, 6.45) is 71.4. The van der Waals surface area contributed by atoms with Gasteiger partial charge in [0.2, 0.25) is 5.91 Å². The van der Waals surface area contributed by atoms with Gasteiger partial charge >= 0.3 is 5.97 Å². The summed E-state index contributed by atoms with van der Waals surface area (Å²) in [5, 5.41) is 23.1. The minimum Gasteiger partial charge on any atom is -0.466 e. The summed E-state index contributed by atoms with van der Waals surface area (Å²) in [5.74, 6) is -0.0794. The van der Waals surface area contributed by atoms with Crippen molar-refractivity contribution < 1.29 is 24.5 Å². The van der Waals surface area contributed by atoms with Crippen LogP contribution in [0.25, 0.3) is 0 Å².